The summed E-state index contributed by atoms with van der Waals surface area (Å²) in [5.74, 6) is 1.13. The van der Waals surface area contributed by atoms with Crippen LogP contribution in [0.15, 0.2) is 58.9 Å². The van der Waals surface area contributed by atoms with Gasteiger partial charge >= 0.3 is 0 Å². The van der Waals surface area contributed by atoms with Crippen LogP contribution in [-0.4, -0.2) is 30.9 Å². The fraction of sp³-hybridized carbons (Fsp3) is 0.200. The van der Waals surface area contributed by atoms with Gasteiger partial charge in [0.1, 0.15) is 21.7 Å². The number of nitrogens with zero attached hydrogens (tertiary/aromatic N) is 2. The van der Waals surface area contributed by atoms with Gasteiger partial charge in [-0.25, -0.2) is 0 Å². The first-order valence-corrected chi connectivity index (χ1v) is 10.2. The van der Waals surface area contributed by atoms with Crippen molar-refractivity contribution >= 4 is 39.2 Å². The van der Waals surface area contributed by atoms with E-state index in [1.54, 1.807) is 38.1 Å². The molecule has 0 bridgehead atoms. The van der Waals surface area contributed by atoms with Gasteiger partial charge in [-0.15, -0.1) is 18.3 Å². The number of ether oxygens (including phenoxy) is 2. The van der Waals surface area contributed by atoms with Crippen LogP contribution in [0.5, 0.6) is 11.5 Å². The summed E-state index contributed by atoms with van der Waals surface area (Å²) >= 11 is 2.98. The van der Waals surface area contributed by atoms with Crippen molar-refractivity contribution in [1.29, 1.82) is 0 Å². The van der Waals surface area contributed by atoms with Crippen molar-refractivity contribution in [3.05, 3.63) is 59.4 Å². The molecule has 0 spiro atoms. The van der Waals surface area contributed by atoms with Crippen molar-refractivity contribution in [1.82, 2.24) is 4.57 Å². The molecule has 3 aromatic rings. The normalized spacial score (nSPS) is 11.6. The van der Waals surface area contributed by atoms with Crippen LogP contribution in [0.4, 0.5) is 0 Å². The average molecular weight is 401 g/mol. The van der Waals surface area contributed by atoms with E-state index in [0.717, 1.165) is 15.1 Å². The number of methoxy groups -OCH3 is 2. The zero-order chi connectivity index (χ0) is 19.4. The lowest BCUT2D eigenvalue weighted by Gasteiger charge is -2.08. The second-order valence-electron chi connectivity index (χ2n) is 5.58. The number of carbonyl (C=O) groups excluding carboxylic acids is 1. The maximum atomic E-state index is 12.8. The number of amides is 1. The number of fused-ring (bicyclic) bond motifs is 1. The molecule has 0 unspecified atom stereocenters. The molecule has 1 heterocycles. The highest BCUT2D eigenvalue weighted by molar-refractivity contribution is 7.98. The Balaban J connectivity index is 2.23. The van der Waals surface area contributed by atoms with Crippen molar-refractivity contribution in [2.75, 3.05) is 20.5 Å². The number of allylic oxidation sites excluding steroid dienone is 1. The largest absolute Gasteiger partial charge is 0.495 e. The first kappa shape index (κ1) is 19.3. The molecule has 5 nitrogen and oxygen atoms in total. The van der Waals surface area contributed by atoms with Crippen LogP contribution in [0.25, 0.3) is 10.2 Å². The molecule has 1 amide bonds. The Kier molecular flexibility index (Phi) is 6.03. The maximum Gasteiger partial charge on any atom is 0.279 e. The van der Waals surface area contributed by atoms with Crippen LogP contribution in [0.2, 0.25) is 0 Å². The highest BCUT2D eigenvalue weighted by Gasteiger charge is 2.16. The summed E-state index contributed by atoms with van der Waals surface area (Å²) in [6.07, 6.45) is 3.74. The zero-order valence-corrected chi connectivity index (χ0v) is 17.0. The highest BCUT2D eigenvalue weighted by atomic mass is 32.2. The fourth-order valence-electron chi connectivity index (χ4n) is 2.75. The van der Waals surface area contributed by atoms with Crippen molar-refractivity contribution in [2.45, 2.75) is 11.4 Å². The molecule has 0 aliphatic rings. The van der Waals surface area contributed by atoms with Gasteiger partial charge in [-0.1, -0.05) is 23.5 Å². The molecule has 2 aromatic carbocycles. The number of aromatic nitrogens is 1. The number of thiazole rings is 1. The molecule has 0 atom stereocenters. The molecule has 27 heavy (non-hydrogen) atoms. The van der Waals surface area contributed by atoms with Crippen LogP contribution in [-0.2, 0) is 6.54 Å². The Bertz CT molecular complexity index is 1070. The SMILES string of the molecule is C=CCn1c(=NC(=O)c2cccc(SC)c2)sc2c(OC)ccc(OC)c21. The summed E-state index contributed by atoms with van der Waals surface area (Å²) in [5.41, 5.74) is 1.40. The second kappa shape index (κ2) is 8.45. The Morgan fingerprint density at radius 1 is 1.26 bits per heavy atom. The Morgan fingerprint density at radius 3 is 2.67 bits per heavy atom. The van der Waals surface area contributed by atoms with Gasteiger partial charge in [0.05, 0.1) is 14.2 Å². The lowest BCUT2D eigenvalue weighted by atomic mass is 10.2. The number of hydrogen-bond donors (Lipinski definition) is 0. The standard InChI is InChI=1S/C20H20N2O3S2/c1-5-11-22-17-15(24-2)9-10-16(25-3)18(17)27-20(22)21-19(23)13-7-6-8-14(12-13)26-4/h5-10,12H,1,11H2,2-4H3. The predicted octanol–water partition coefficient (Wildman–Crippen LogP) is 4.37. The first-order chi connectivity index (χ1) is 13.1. The molecule has 0 fully saturated rings. The lowest BCUT2D eigenvalue weighted by Crippen LogP contribution is -2.16. The smallest absolute Gasteiger partial charge is 0.279 e. The summed E-state index contributed by atoms with van der Waals surface area (Å²) < 4.78 is 13.8. The molecule has 0 saturated carbocycles. The topological polar surface area (TPSA) is 52.8 Å². The van der Waals surface area contributed by atoms with E-state index >= 15 is 0 Å². The molecule has 0 saturated heterocycles. The summed E-state index contributed by atoms with van der Waals surface area (Å²) in [6.45, 7) is 4.32. The summed E-state index contributed by atoms with van der Waals surface area (Å²) in [5, 5.41) is 0. The van der Waals surface area contributed by atoms with Gasteiger partial charge in [0, 0.05) is 17.0 Å². The number of thioether (sulfide) groups is 1. The van der Waals surface area contributed by atoms with Gasteiger partial charge < -0.3 is 14.0 Å². The van der Waals surface area contributed by atoms with E-state index in [1.165, 1.54) is 11.3 Å². The Labute approximate surface area is 166 Å². The van der Waals surface area contributed by atoms with Crippen LogP contribution in [0.3, 0.4) is 0 Å². The summed E-state index contributed by atoms with van der Waals surface area (Å²) in [6, 6.07) is 11.2. The van der Waals surface area contributed by atoms with E-state index in [1.807, 2.05) is 41.2 Å². The molecule has 140 valence electrons. The minimum atomic E-state index is -0.284. The van der Waals surface area contributed by atoms with Gasteiger partial charge in [0.25, 0.3) is 5.91 Å². The quantitative estimate of drug-likeness (QED) is 0.455. The van der Waals surface area contributed by atoms with Gasteiger partial charge in [0.2, 0.25) is 0 Å². The van der Waals surface area contributed by atoms with E-state index in [9.17, 15) is 4.79 Å². The molecular weight excluding hydrogens is 380 g/mol. The second-order valence-corrected chi connectivity index (χ2v) is 7.44. The minimum absolute atomic E-state index is 0.284. The van der Waals surface area contributed by atoms with E-state index in [2.05, 4.69) is 11.6 Å². The average Bonchev–Trinajstić information content (AvgIpc) is 3.05. The third-order valence-electron chi connectivity index (χ3n) is 4.02. The molecule has 0 aliphatic heterocycles. The van der Waals surface area contributed by atoms with Gasteiger partial charge in [-0.2, -0.15) is 4.99 Å². The first-order valence-electron chi connectivity index (χ1n) is 8.21. The number of hydrogen-bond acceptors (Lipinski definition) is 5. The van der Waals surface area contributed by atoms with E-state index in [4.69, 9.17) is 9.47 Å². The lowest BCUT2D eigenvalue weighted by molar-refractivity contribution is 0.0997. The predicted molar refractivity (Wildman–Crippen MR) is 111 cm³/mol. The van der Waals surface area contributed by atoms with Crippen molar-refractivity contribution in [3.63, 3.8) is 0 Å². The summed E-state index contributed by atoms with van der Waals surface area (Å²) in [4.78, 5) is 18.7. The van der Waals surface area contributed by atoms with E-state index < -0.39 is 0 Å². The van der Waals surface area contributed by atoms with E-state index in [0.29, 0.717) is 28.4 Å². The molecule has 7 heteroatoms. The van der Waals surface area contributed by atoms with Crippen LogP contribution in [0, 0.1) is 0 Å². The Hall–Kier alpha value is -2.51. The number of rotatable bonds is 6. The Morgan fingerprint density at radius 2 is 2.00 bits per heavy atom. The monoisotopic (exact) mass is 400 g/mol. The number of benzene rings is 2. The van der Waals surface area contributed by atoms with Gasteiger partial charge in [-0.3, -0.25) is 4.79 Å². The summed E-state index contributed by atoms with van der Waals surface area (Å²) in [7, 11) is 3.24. The number of carbonyl (C=O) groups is 1. The zero-order valence-electron chi connectivity index (χ0n) is 15.4. The molecule has 0 radical (unpaired) electrons. The van der Waals surface area contributed by atoms with Crippen molar-refractivity contribution in [3.8, 4) is 11.5 Å². The van der Waals surface area contributed by atoms with Crippen molar-refractivity contribution in [2.24, 2.45) is 4.99 Å². The van der Waals surface area contributed by atoms with Gasteiger partial charge in [-0.05, 0) is 36.6 Å². The van der Waals surface area contributed by atoms with Gasteiger partial charge in [0.15, 0.2) is 4.80 Å². The molecule has 3 rings (SSSR count). The molecule has 1 aromatic heterocycles. The molecular formula is C20H20N2O3S2. The fourth-order valence-corrected chi connectivity index (χ4v) is 4.35. The van der Waals surface area contributed by atoms with Crippen LogP contribution >= 0.6 is 23.1 Å². The molecule has 0 aliphatic carbocycles. The van der Waals surface area contributed by atoms with Crippen LogP contribution < -0.4 is 14.3 Å². The van der Waals surface area contributed by atoms with Crippen molar-refractivity contribution < 1.29 is 14.3 Å². The third kappa shape index (κ3) is 3.79. The maximum absolute atomic E-state index is 12.8. The third-order valence-corrected chi connectivity index (χ3v) is 5.84. The van der Waals surface area contributed by atoms with E-state index in [-0.39, 0.29) is 5.91 Å². The molecule has 0 N–H and O–H groups in total. The highest BCUT2D eigenvalue weighted by Crippen LogP contribution is 2.35. The minimum Gasteiger partial charge on any atom is -0.495 e. The van der Waals surface area contributed by atoms with Crippen LogP contribution in [0.1, 0.15) is 10.4 Å².